The Hall–Kier alpha value is -2.34. The van der Waals surface area contributed by atoms with Crippen molar-refractivity contribution < 1.29 is 17.8 Å². The van der Waals surface area contributed by atoms with Crippen LogP contribution < -0.4 is 5.32 Å². The average Bonchev–Trinajstić information content (AvgIpc) is 2.82. The highest BCUT2D eigenvalue weighted by atomic mass is 32.2. The fourth-order valence-corrected chi connectivity index (χ4v) is 6.96. The molecule has 1 N–H and O–H groups in total. The summed E-state index contributed by atoms with van der Waals surface area (Å²) in [6, 6.07) is 18.0. The van der Waals surface area contributed by atoms with Crippen LogP contribution in [-0.2, 0) is 32.2 Å². The van der Waals surface area contributed by atoms with Gasteiger partial charge in [-0.1, -0.05) is 43.2 Å². The number of hydrogen-bond acceptors (Lipinski definition) is 5. The number of benzene rings is 2. The maximum atomic E-state index is 13.0. The van der Waals surface area contributed by atoms with Crippen LogP contribution in [0.25, 0.3) is 0 Å². The molecule has 2 aromatic rings. The van der Waals surface area contributed by atoms with Crippen LogP contribution in [0.15, 0.2) is 64.4 Å². The number of amides is 1. The Morgan fingerprint density at radius 2 is 1.78 bits per heavy atom. The number of aryl methyl sites for hydroxylation is 1. The van der Waals surface area contributed by atoms with Gasteiger partial charge in [-0.25, -0.2) is 8.42 Å². The van der Waals surface area contributed by atoms with Gasteiger partial charge in [-0.2, -0.15) is 5.26 Å². The standard InChI is InChI=1S/C24H28N2O4S2/c25-15-16-26-24(27)23-9-5-4-8-20(23)18-32(29,30)22-12-10-21(11-13-22)31(28)17-14-19-6-2-1-3-7-19/h1-3,6-7,10-13,20,23H,4-5,8-9,14,16-18H2,(H,26,27)/t20-,23+,31?/m0/s1. The smallest absolute Gasteiger partial charge is 0.224 e. The molecule has 3 atom stereocenters. The van der Waals surface area contributed by atoms with Gasteiger partial charge in [-0.05, 0) is 59.8 Å². The van der Waals surface area contributed by atoms with E-state index < -0.39 is 26.9 Å². The molecule has 32 heavy (non-hydrogen) atoms. The molecule has 6 nitrogen and oxygen atoms in total. The van der Waals surface area contributed by atoms with E-state index in [-0.39, 0.29) is 29.0 Å². The lowest BCUT2D eigenvalue weighted by Gasteiger charge is -2.30. The van der Waals surface area contributed by atoms with Gasteiger partial charge in [-0.3, -0.25) is 4.79 Å². The lowest BCUT2D eigenvalue weighted by molar-refractivity contribution is -0.127. The molecule has 1 saturated carbocycles. The molecule has 0 saturated heterocycles. The summed E-state index contributed by atoms with van der Waals surface area (Å²) in [4.78, 5) is 13.2. The summed E-state index contributed by atoms with van der Waals surface area (Å²) in [7, 11) is -3.59. The molecule has 0 aliphatic heterocycles. The van der Waals surface area contributed by atoms with Crippen LogP contribution >= 0.6 is 0 Å². The highest BCUT2D eigenvalue weighted by Gasteiger charge is 2.34. The molecule has 2 aromatic carbocycles. The van der Waals surface area contributed by atoms with E-state index in [0.717, 1.165) is 18.4 Å². The van der Waals surface area contributed by atoms with Crippen LogP contribution in [0, 0.1) is 23.2 Å². The van der Waals surface area contributed by atoms with Gasteiger partial charge in [0.25, 0.3) is 0 Å². The molecule has 8 heteroatoms. The molecule has 1 aliphatic carbocycles. The minimum absolute atomic E-state index is 0.0717. The van der Waals surface area contributed by atoms with E-state index in [9.17, 15) is 17.8 Å². The van der Waals surface area contributed by atoms with Gasteiger partial charge >= 0.3 is 0 Å². The van der Waals surface area contributed by atoms with E-state index in [1.165, 1.54) is 12.1 Å². The third-order valence-electron chi connectivity index (χ3n) is 5.89. The van der Waals surface area contributed by atoms with Gasteiger partial charge in [0.15, 0.2) is 14.7 Å². The molecule has 1 amide bonds. The maximum absolute atomic E-state index is 13.0. The summed E-state index contributed by atoms with van der Waals surface area (Å²) in [6.07, 6.45) is 3.76. The third-order valence-corrected chi connectivity index (χ3v) is 9.12. The zero-order chi connectivity index (χ0) is 23.0. The monoisotopic (exact) mass is 472 g/mol. The Kier molecular flexibility index (Phi) is 8.74. The van der Waals surface area contributed by atoms with Gasteiger partial charge in [0.05, 0.1) is 16.7 Å². The van der Waals surface area contributed by atoms with E-state index in [1.807, 2.05) is 36.4 Å². The SMILES string of the molecule is N#CCNC(=O)[C@@H]1CCCC[C@H]1CS(=O)(=O)c1ccc([S+]([O-])CCc2ccccc2)cc1. The zero-order valence-electron chi connectivity index (χ0n) is 17.9. The Morgan fingerprint density at radius 3 is 2.47 bits per heavy atom. The summed E-state index contributed by atoms with van der Waals surface area (Å²) in [5.74, 6) is -0.537. The van der Waals surface area contributed by atoms with E-state index >= 15 is 0 Å². The molecule has 0 heterocycles. The number of carbonyl (C=O) groups excluding carboxylic acids is 1. The van der Waals surface area contributed by atoms with Crippen molar-refractivity contribution in [2.75, 3.05) is 18.1 Å². The van der Waals surface area contributed by atoms with Crippen molar-refractivity contribution in [1.29, 1.82) is 5.26 Å². The number of nitrogens with zero attached hydrogens (tertiary/aromatic N) is 1. The molecular formula is C24H28N2O4S2. The van der Waals surface area contributed by atoms with Crippen molar-refractivity contribution in [3.05, 3.63) is 60.2 Å². The molecule has 1 unspecified atom stereocenters. The van der Waals surface area contributed by atoms with Crippen LogP contribution in [-0.4, -0.2) is 36.9 Å². The fraction of sp³-hybridized carbons (Fsp3) is 0.417. The van der Waals surface area contributed by atoms with Crippen molar-refractivity contribution >= 4 is 26.9 Å². The Bertz CT molecular complexity index is 1030. The van der Waals surface area contributed by atoms with Gasteiger partial charge in [0, 0.05) is 12.3 Å². The molecular weight excluding hydrogens is 444 g/mol. The number of nitrogens with one attached hydrogen (secondary N) is 1. The number of hydrogen-bond donors (Lipinski definition) is 1. The van der Waals surface area contributed by atoms with E-state index in [2.05, 4.69) is 5.32 Å². The quantitative estimate of drug-likeness (QED) is 0.445. The molecule has 0 aromatic heterocycles. The Balaban J connectivity index is 1.63. The predicted molar refractivity (Wildman–Crippen MR) is 124 cm³/mol. The Labute approximate surface area is 193 Å². The highest BCUT2D eigenvalue weighted by Crippen LogP contribution is 2.33. The third kappa shape index (κ3) is 6.58. The molecule has 3 rings (SSSR count). The second-order valence-corrected chi connectivity index (χ2v) is 11.7. The Morgan fingerprint density at radius 1 is 1.09 bits per heavy atom. The van der Waals surface area contributed by atoms with Crippen LogP contribution in [0.5, 0.6) is 0 Å². The summed E-state index contributed by atoms with van der Waals surface area (Å²) >= 11 is -1.21. The minimum atomic E-state index is -3.59. The maximum Gasteiger partial charge on any atom is 0.224 e. The number of nitriles is 1. The van der Waals surface area contributed by atoms with Crippen molar-refractivity contribution in [2.45, 2.75) is 41.9 Å². The fourth-order valence-electron chi connectivity index (χ4n) is 4.16. The normalized spacial score (nSPS) is 19.6. The first-order valence-electron chi connectivity index (χ1n) is 10.8. The number of sulfone groups is 1. The summed E-state index contributed by atoms with van der Waals surface area (Å²) in [5, 5.41) is 11.3. The first-order chi connectivity index (χ1) is 15.4. The molecule has 1 aliphatic rings. The van der Waals surface area contributed by atoms with Crippen molar-refractivity contribution in [3.63, 3.8) is 0 Å². The summed E-state index contributed by atoms with van der Waals surface area (Å²) in [6.45, 7) is -0.0717. The van der Waals surface area contributed by atoms with E-state index in [0.29, 0.717) is 29.9 Å². The first kappa shape index (κ1) is 24.3. The van der Waals surface area contributed by atoms with Gasteiger partial charge in [0.1, 0.15) is 12.3 Å². The van der Waals surface area contributed by atoms with Gasteiger partial charge < -0.3 is 9.87 Å². The summed E-state index contributed by atoms with van der Waals surface area (Å²) < 4.78 is 38.6. The largest absolute Gasteiger partial charge is 0.611 e. The van der Waals surface area contributed by atoms with Crippen LogP contribution in [0.2, 0.25) is 0 Å². The highest BCUT2D eigenvalue weighted by molar-refractivity contribution is 7.91. The molecule has 0 bridgehead atoms. The van der Waals surface area contributed by atoms with E-state index in [4.69, 9.17) is 5.26 Å². The van der Waals surface area contributed by atoms with Crippen LogP contribution in [0.3, 0.4) is 0 Å². The van der Waals surface area contributed by atoms with Gasteiger partial charge in [0.2, 0.25) is 5.91 Å². The molecule has 1 fully saturated rings. The minimum Gasteiger partial charge on any atom is -0.611 e. The predicted octanol–water partition coefficient (Wildman–Crippen LogP) is 3.26. The average molecular weight is 473 g/mol. The van der Waals surface area contributed by atoms with Gasteiger partial charge in [-0.15, -0.1) is 0 Å². The second-order valence-electron chi connectivity index (χ2n) is 8.07. The molecule has 170 valence electrons. The first-order valence-corrected chi connectivity index (χ1v) is 13.8. The molecule has 0 spiro atoms. The number of rotatable bonds is 9. The lowest BCUT2D eigenvalue weighted by atomic mass is 9.80. The number of carbonyl (C=O) groups is 1. The van der Waals surface area contributed by atoms with Crippen LogP contribution in [0.1, 0.15) is 31.2 Å². The van der Waals surface area contributed by atoms with Crippen LogP contribution in [0.4, 0.5) is 0 Å². The second kappa shape index (κ2) is 11.5. The van der Waals surface area contributed by atoms with Crippen molar-refractivity contribution in [3.8, 4) is 6.07 Å². The van der Waals surface area contributed by atoms with E-state index in [1.54, 1.807) is 12.1 Å². The summed E-state index contributed by atoms with van der Waals surface area (Å²) in [5.41, 5.74) is 1.11. The zero-order valence-corrected chi connectivity index (χ0v) is 19.5. The van der Waals surface area contributed by atoms with Crippen molar-refractivity contribution in [1.82, 2.24) is 5.32 Å². The topological polar surface area (TPSA) is 110 Å². The lowest BCUT2D eigenvalue weighted by Crippen LogP contribution is -2.39. The molecule has 0 radical (unpaired) electrons. The van der Waals surface area contributed by atoms with Crippen molar-refractivity contribution in [2.24, 2.45) is 11.8 Å².